The lowest BCUT2D eigenvalue weighted by molar-refractivity contribution is 0.220. The molecule has 1 aliphatic rings. The molecule has 7 nitrogen and oxygen atoms in total. The Morgan fingerprint density at radius 2 is 1.70 bits per heavy atom. The molecule has 1 aliphatic heterocycles. The molecule has 0 radical (unpaired) electrons. The topological polar surface area (TPSA) is 79.7 Å². The molecule has 7 heteroatoms. The van der Waals surface area contributed by atoms with Crippen LogP contribution in [0.15, 0.2) is 53.3 Å². The second-order valence-electron chi connectivity index (χ2n) is 9.07. The Labute approximate surface area is 193 Å². The number of nitrogens with zero attached hydrogens (tertiary/aromatic N) is 5. The first kappa shape index (κ1) is 21.5. The number of aryl methyl sites for hydroxylation is 2. The van der Waals surface area contributed by atoms with E-state index in [4.69, 9.17) is 0 Å². The van der Waals surface area contributed by atoms with Crippen molar-refractivity contribution in [2.24, 2.45) is 0 Å². The molecule has 0 unspecified atom stereocenters. The van der Waals surface area contributed by atoms with Gasteiger partial charge in [-0.3, -0.25) is 9.69 Å². The number of hydrogen-bond donors (Lipinski definition) is 1. The Balaban J connectivity index is 1.66. The van der Waals surface area contributed by atoms with Gasteiger partial charge >= 0.3 is 0 Å². The Morgan fingerprint density at radius 3 is 2.45 bits per heavy atom. The van der Waals surface area contributed by atoms with Crippen molar-refractivity contribution in [3.8, 4) is 0 Å². The first-order valence-electron chi connectivity index (χ1n) is 11.8. The largest absolute Gasteiger partial charge is 0.321 e. The molecule has 0 amide bonds. The normalized spacial score (nSPS) is 16.1. The number of pyridine rings is 1. The number of tetrazole rings is 1. The molecule has 0 spiro atoms. The third-order valence-corrected chi connectivity index (χ3v) is 6.75. The van der Waals surface area contributed by atoms with Gasteiger partial charge in [0.05, 0.1) is 12.1 Å². The molecule has 3 heterocycles. The standard InChI is InChI=1S/C26H30N6O/c1-18-12-13-19(2)23-21(18)16-22(26(33)27-23)24(31-14-8-3-4-9-15-31)25-28-29-30-32(25)17-20-10-6-5-7-11-20/h5-7,10-13,16,24H,3-4,8-9,14-15,17H2,1-2H3,(H,27,33)/t24-/m0/s1. The maximum absolute atomic E-state index is 13.5. The number of nitrogens with one attached hydrogen (secondary N) is 1. The van der Waals surface area contributed by atoms with Crippen molar-refractivity contribution in [3.63, 3.8) is 0 Å². The number of H-pyrrole nitrogens is 1. The molecule has 0 saturated carbocycles. The van der Waals surface area contributed by atoms with Crippen LogP contribution >= 0.6 is 0 Å². The summed E-state index contributed by atoms with van der Waals surface area (Å²) in [4.78, 5) is 19.0. The van der Waals surface area contributed by atoms with E-state index >= 15 is 0 Å². The predicted molar refractivity (Wildman–Crippen MR) is 129 cm³/mol. The van der Waals surface area contributed by atoms with Gasteiger partial charge in [0.1, 0.15) is 6.04 Å². The van der Waals surface area contributed by atoms with Crippen LogP contribution in [0.2, 0.25) is 0 Å². The quantitative estimate of drug-likeness (QED) is 0.502. The van der Waals surface area contributed by atoms with E-state index in [0.717, 1.165) is 59.3 Å². The van der Waals surface area contributed by atoms with Gasteiger partial charge in [0, 0.05) is 10.9 Å². The van der Waals surface area contributed by atoms with E-state index in [1.54, 1.807) is 0 Å². The molecule has 1 fully saturated rings. The van der Waals surface area contributed by atoms with Gasteiger partial charge in [-0.2, -0.15) is 0 Å². The van der Waals surface area contributed by atoms with Gasteiger partial charge in [-0.05, 0) is 73.0 Å². The van der Waals surface area contributed by atoms with Crippen molar-refractivity contribution in [1.29, 1.82) is 0 Å². The zero-order valence-corrected chi connectivity index (χ0v) is 19.3. The van der Waals surface area contributed by atoms with Gasteiger partial charge in [-0.1, -0.05) is 55.3 Å². The lowest BCUT2D eigenvalue weighted by Crippen LogP contribution is -2.36. The highest BCUT2D eigenvalue weighted by atomic mass is 16.1. The van der Waals surface area contributed by atoms with Gasteiger partial charge in [0.15, 0.2) is 5.82 Å². The third kappa shape index (κ3) is 4.33. The molecule has 2 aromatic carbocycles. The number of rotatable bonds is 5. The molecule has 0 aliphatic carbocycles. The Bertz CT molecular complexity index is 1300. The van der Waals surface area contributed by atoms with Crippen molar-refractivity contribution < 1.29 is 0 Å². The highest BCUT2D eigenvalue weighted by Crippen LogP contribution is 2.30. The fourth-order valence-electron chi connectivity index (χ4n) is 4.92. The Kier molecular flexibility index (Phi) is 6.05. The SMILES string of the molecule is Cc1ccc(C)c2[nH]c(=O)c([C@@H](c3nnnn3Cc3ccccc3)N3CCCCCC3)cc12. The lowest BCUT2D eigenvalue weighted by atomic mass is 9.99. The van der Waals surface area contributed by atoms with Gasteiger partial charge in [-0.15, -0.1) is 5.10 Å². The fourth-order valence-corrected chi connectivity index (χ4v) is 4.92. The number of fused-ring (bicyclic) bond motifs is 1. The summed E-state index contributed by atoms with van der Waals surface area (Å²) in [6.45, 7) is 6.53. The molecule has 170 valence electrons. The Hall–Kier alpha value is -3.32. The predicted octanol–water partition coefficient (Wildman–Crippen LogP) is 4.15. The zero-order chi connectivity index (χ0) is 22.8. The molecular formula is C26H30N6O. The second kappa shape index (κ2) is 9.27. The number of likely N-dealkylation sites (tertiary alicyclic amines) is 1. The molecule has 33 heavy (non-hydrogen) atoms. The van der Waals surface area contributed by atoms with E-state index in [1.807, 2.05) is 29.8 Å². The van der Waals surface area contributed by atoms with Crippen LogP contribution in [0.4, 0.5) is 0 Å². The molecule has 2 aromatic heterocycles. The summed E-state index contributed by atoms with van der Waals surface area (Å²) in [5, 5.41) is 13.9. The number of aromatic nitrogens is 5. The van der Waals surface area contributed by atoms with Crippen LogP contribution in [-0.2, 0) is 6.54 Å². The summed E-state index contributed by atoms with van der Waals surface area (Å²) in [6.07, 6.45) is 4.65. The number of hydrogen-bond acceptors (Lipinski definition) is 5. The van der Waals surface area contributed by atoms with Gasteiger partial charge in [0.2, 0.25) is 0 Å². The monoisotopic (exact) mass is 442 g/mol. The van der Waals surface area contributed by atoms with Crippen LogP contribution in [0.3, 0.4) is 0 Å². The van der Waals surface area contributed by atoms with Gasteiger partial charge < -0.3 is 4.98 Å². The average Bonchev–Trinajstić information content (AvgIpc) is 3.10. The van der Waals surface area contributed by atoms with Crippen LogP contribution in [-0.4, -0.2) is 43.2 Å². The highest BCUT2D eigenvalue weighted by Gasteiger charge is 2.31. The van der Waals surface area contributed by atoms with E-state index in [1.165, 1.54) is 12.8 Å². The maximum atomic E-state index is 13.5. The Morgan fingerprint density at radius 1 is 0.970 bits per heavy atom. The van der Waals surface area contributed by atoms with E-state index < -0.39 is 0 Å². The minimum atomic E-state index is -0.296. The summed E-state index contributed by atoms with van der Waals surface area (Å²) in [6, 6.07) is 16.1. The number of benzene rings is 2. The fraction of sp³-hybridized carbons (Fsp3) is 0.385. The van der Waals surface area contributed by atoms with Crippen LogP contribution < -0.4 is 5.56 Å². The summed E-state index contributed by atoms with van der Waals surface area (Å²) < 4.78 is 1.84. The summed E-state index contributed by atoms with van der Waals surface area (Å²) in [5.41, 5.74) is 4.88. The van der Waals surface area contributed by atoms with Gasteiger partial charge in [-0.25, -0.2) is 4.68 Å². The van der Waals surface area contributed by atoms with Crippen molar-refractivity contribution in [3.05, 3.63) is 87.0 Å². The first-order valence-corrected chi connectivity index (χ1v) is 11.8. The molecule has 5 rings (SSSR count). The van der Waals surface area contributed by atoms with E-state index in [2.05, 4.69) is 62.7 Å². The summed E-state index contributed by atoms with van der Waals surface area (Å²) in [7, 11) is 0. The van der Waals surface area contributed by atoms with Crippen molar-refractivity contribution in [1.82, 2.24) is 30.1 Å². The third-order valence-electron chi connectivity index (χ3n) is 6.75. The highest BCUT2D eigenvalue weighted by molar-refractivity contribution is 5.85. The van der Waals surface area contributed by atoms with Gasteiger partial charge in [0.25, 0.3) is 5.56 Å². The zero-order valence-electron chi connectivity index (χ0n) is 19.3. The van der Waals surface area contributed by atoms with E-state index in [-0.39, 0.29) is 11.6 Å². The number of aromatic amines is 1. The van der Waals surface area contributed by atoms with Crippen molar-refractivity contribution in [2.45, 2.75) is 52.1 Å². The van der Waals surface area contributed by atoms with Crippen LogP contribution in [0.1, 0.15) is 59.8 Å². The van der Waals surface area contributed by atoms with E-state index in [9.17, 15) is 4.79 Å². The summed E-state index contributed by atoms with van der Waals surface area (Å²) in [5.74, 6) is 0.718. The molecule has 1 atom stereocenters. The van der Waals surface area contributed by atoms with E-state index in [0.29, 0.717) is 12.1 Å². The minimum Gasteiger partial charge on any atom is -0.321 e. The maximum Gasteiger partial charge on any atom is 0.253 e. The van der Waals surface area contributed by atoms with Crippen molar-refractivity contribution in [2.75, 3.05) is 13.1 Å². The van der Waals surface area contributed by atoms with Crippen LogP contribution in [0, 0.1) is 13.8 Å². The van der Waals surface area contributed by atoms with Crippen LogP contribution in [0.5, 0.6) is 0 Å². The molecule has 4 aromatic rings. The first-order chi connectivity index (χ1) is 16.1. The van der Waals surface area contributed by atoms with Crippen LogP contribution in [0.25, 0.3) is 10.9 Å². The summed E-state index contributed by atoms with van der Waals surface area (Å²) >= 11 is 0. The molecule has 0 bridgehead atoms. The average molecular weight is 443 g/mol. The smallest absolute Gasteiger partial charge is 0.253 e. The molecule has 1 N–H and O–H groups in total. The second-order valence-corrected chi connectivity index (χ2v) is 9.07. The molecular weight excluding hydrogens is 412 g/mol. The lowest BCUT2D eigenvalue weighted by Gasteiger charge is -2.29. The van der Waals surface area contributed by atoms with Crippen molar-refractivity contribution >= 4 is 10.9 Å². The molecule has 1 saturated heterocycles. The minimum absolute atomic E-state index is 0.0697.